The van der Waals surface area contributed by atoms with Gasteiger partial charge in [0.1, 0.15) is 17.6 Å². The summed E-state index contributed by atoms with van der Waals surface area (Å²) in [5.41, 5.74) is 1.67. The first kappa shape index (κ1) is 17.7. The molecule has 1 aliphatic heterocycles. The number of pyridine rings is 1. The zero-order valence-electron chi connectivity index (χ0n) is 14.8. The van der Waals surface area contributed by atoms with Crippen molar-refractivity contribution in [1.82, 2.24) is 14.9 Å². The average molecular weight is 355 g/mol. The molecular weight excluding hydrogens is 334 g/mol. The fourth-order valence-corrected chi connectivity index (χ4v) is 3.28. The fraction of sp³-hybridized carbons (Fsp3) is 0.444. The summed E-state index contributed by atoms with van der Waals surface area (Å²) in [5, 5.41) is 13.0. The molecule has 2 N–H and O–H groups in total. The van der Waals surface area contributed by atoms with Gasteiger partial charge in [-0.15, -0.1) is 0 Å². The van der Waals surface area contributed by atoms with Crippen LogP contribution >= 0.6 is 0 Å². The Morgan fingerprint density at radius 3 is 3.08 bits per heavy atom. The lowest BCUT2D eigenvalue weighted by atomic mass is 9.92. The average Bonchev–Trinajstić information content (AvgIpc) is 3.12. The first-order valence-corrected chi connectivity index (χ1v) is 8.50. The van der Waals surface area contributed by atoms with Crippen LogP contribution in [-0.2, 0) is 9.53 Å². The van der Waals surface area contributed by atoms with Gasteiger partial charge >= 0.3 is 5.97 Å². The molecule has 3 rings (SSSR count). The molecule has 1 saturated heterocycles. The molecule has 2 aromatic rings. The largest absolute Gasteiger partial charge is 0.465 e. The summed E-state index contributed by atoms with van der Waals surface area (Å²) in [4.78, 5) is 33.2. The van der Waals surface area contributed by atoms with Crippen LogP contribution < -0.4 is 5.32 Å². The van der Waals surface area contributed by atoms with Crippen LogP contribution in [0.3, 0.4) is 0 Å². The van der Waals surface area contributed by atoms with Gasteiger partial charge in [0.2, 0.25) is 5.91 Å². The third-order valence-corrected chi connectivity index (χ3v) is 4.86. The van der Waals surface area contributed by atoms with E-state index in [2.05, 4.69) is 22.2 Å². The first-order valence-electron chi connectivity index (χ1n) is 8.50. The van der Waals surface area contributed by atoms with Gasteiger partial charge in [-0.1, -0.05) is 6.92 Å². The minimum atomic E-state index is -0.469. The van der Waals surface area contributed by atoms with Crippen LogP contribution in [0.25, 0.3) is 11.0 Å². The summed E-state index contributed by atoms with van der Waals surface area (Å²) >= 11 is 0. The summed E-state index contributed by atoms with van der Waals surface area (Å²) in [6, 6.07) is 3.71. The molecule has 136 valence electrons. The molecule has 0 spiro atoms. The number of nitriles is 1. The molecule has 8 nitrogen and oxygen atoms in total. The van der Waals surface area contributed by atoms with E-state index >= 15 is 0 Å². The highest BCUT2D eigenvalue weighted by Crippen LogP contribution is 2.29. The van der Waals surface area contributed by atoms with Gasteiger partial charge in [0, 0.05) is 36.9 Å². The fourth-order valence-electron chi connectivity index (χ4n) is 3.28. The highest BCUT2D eigenvalue weighted by Gasteiger charge is 2.30. The van der Waals surface area contributed by atoms with E-state index < -0.39 is 5.97 Å². The van der Waals surface area contributed by atoms with Crippen molar-refractivity contribution in [2.75, 3.05) is 25.5 Å². The molecule has 1 fully saturated rings. The molecule has 0 unspecified atom stereocenters. The van der Waals surface area contributed by atoms with Gasteiger partial charge in [-0.2, -0.15) is 5.26 Å². The van der Waals surface area contributed by atoms with Gasteiger partial charge in [-0.3, -0.25) is 4.79 Å². The lowest BCUT2D eigenvalue weighted by Gasteiger charge is -2.38. The third-order valence-electron chi connectivity index (χ3n) is 4.86. The zero-order valence-corrected chi connectivity index (χ0v) is 14.8. The van der Waals surface area contributed by atoms with E-state index in [4.69, 9.17) is 10.00 Å². The van der Waals surface area contributed by atoms with Crippen LogP contribution in [0.15, 0.2) is 18.5 Å². The van der Waals surface area contributed by atoms with Crippen molar-refractivity contribution < 1.29 is 14.3 Å². The van der Waals surface area contributed by atoms with E-state index in [0.29, 0.717) is 35.9 Å². The Morgan fingerprint density at radius 1 is 1.54 bits per heavy atom. The molecule has 1 amide bonds. The van der Waals surface area contributed by atoms with E-state index in [0.717, 1.165) is 11.8 Å². The first-order chi connectivity index (χ1) is 12.5. The van der Waals surface area contributed by atoms with Crippen molar-refractivity contribution in [3.05, 3.63) is 24.0 Å². The minimum Gasteiger partial charge on any atom is -0.465 e. The predicted molar refractivity (Wildman–Crippen MR) is 95.4 cm³/mol. The Bertz CT molecular complexity index is 869. The van der Waals surface area contributed by atoms with Crippen LogP contribution in [0.2, 0.25) is 0 Å². The van der Waals surface area contributed by atoms with E-state index in [1.165, 1.54) is 13.3 Å². The maximum Gasteiger partial charge on any atom is 0.341 e. The number of rotatable bonds is 4. The second-order valence-electron chi connectivity index (χ2n) is 6.47. The third kappa shape index (κ3) is 3.33. The van der Waals surface area contributed by atoms with Crippen molar-refractivity contribution in [3.63, 3.8) is 0 Å². The molecule has 3 heterocycles. The molecular formula is C18H21N5O3. The molecule has 2 aromatic heterocycles. The number of aromatic nitrogens is 2. The lowest BCUT2D eigenvalue weighted by Crippen LogP contribution is -2.49. The summed E-state index contributed by atoms with van der Waals surface area (Å²) in [7, 11) is 1.33. The number of carbonyl (C=O) groups is 2. The van der Waals surface area contributed by atoms with Crippen LogP contribution in [-0.4, -0.2) is 53.0 Å². The molecule has 0 saturated carbocycles. The second-order valence-corrected chi connectivity index (χ2v) is 6.47. The van der Waals surface area contributed by atoms with Crippen molar-refractivity contribution >= 4 is 28.6 Å². The number of nitrogens with zero attached hydrogens (tertiary/aromatic N) is 3. The highest BCUT2D eigenvalue weighted by molar-refractivity contribution is 6.04. The number of nitrogens with one attached hydrogen (secondary N) is 2. The van der Waals surface area contributed by atoms with Crippen molar-refractivity contribution in [2.45, 2.75) is 25.8 Å². The summed E-state index contributed by atoms with van der Waals surface area (Å²) < 4.78 is 4.88. The minimum absolute atomic E-state index is 0.0460. The smallest absolute Gasteiger partial charge is 0.341 e. The molecule has 0 radical (unpaired) electrons. The van der Waals surface area contributed by atoms with Crippen LogP contribution in [0, 0.1) is 17.2 Å². The Kier molecular flexibility index (Phi) is 5.07. The number of anilines is 1. The van der Waals surface area contributed by atoms with Crippen LogP contribution in [0.1, 0.15) is 30.1 Å². The number of hydrogen-bond acceptors (Lipinski definition) is 6. The molecule has 8 heteroatoms. The summed E-state index contributed by atoms with van der Waals surface area (Å²) in [6.07, 6.45) is 3.95. The van der Waals surface area contributed by atoms with Gasteiger partial charge in [0.05, 0.1) is 18.9 Å². The number of methoxy groups -OCH3 is 1. The number of amides is 1. The van der Waals surface area contributed by atoms with Gasteiger partial charge < -0.3 is 19.9 Å². The predicted octanol–water partition coefficient (Wildman–Crippen LogP) is 1.91. The molecule has 2 atom stereocenters. The molecule has 0 aromatic carbocycles. The topological polar surface area (TPSA) is 111 Å². The lowest BCUT2D eigenvalue weighted by molar-refractivity contribution is -0.131. The number of hydrogen-bond donors (Lipinski definition) is 2. The van der Waals surface area contributed by atoms with Gasteiger partial charge in [0.15, 0.2) is 0 Å². The zero-order chi connectivity index (χ0) is 18.7. The van der Waals surface area contributed by atoms with Gasteiger partial charge in [-0.05, 0) is 18.4 Å². The maximum absolute atomic E-state index is 12.2. The number of H-pyrrole nitrogens is 1. The summed E-state index contributed by atoms with van der Waals surface area (Å²) in [5.74, 6) is -0.335. The quantitative estimate of drug-likeness (QED) is 0.811. The van der Waals surface area contributed by atoms with Gasteiger partial charge in [-0.25, -0.2) is 9.78 Å². The van der Waals surface area contributed by atoms with E-state index in [-0.39, 0.29) is 18.4 Å². The number of aromatic amines is 1. The van der Waals surface area contributed by atoms with E-state index in [9.17, 15) is 9.59 Å². The van der Waals surface area contributed by atoms with E-state index in [1.54, 1.807) is 11.1 Å². The molecule has 0 bridgehead atoms. The number of carbonyl (C=O) groups excluding carboxylic acids is 2. The van der Waals surface area contributed by atoms with Crippen molar-refractivity contribution in [1.29, 1.82) is 5.26 Å². The Hall–Kier alpha value is -3.08. The van der Waals surface area contributed by atoms with Gasteiger partial charge in [0.25, 0.3) is 0 Å². The Balaban J connectivity index is 1.91. The molecule has 26 heavy (non-hydrogen) atoms. The Labute approximate surface area is 151 Å². The number of esters is 1. The number of ether oxygens (including phenoxy) is 1. The summed E-state index contributed by atoms with van der Waals surface area (Å²) in [6.45, 7) is 3.23. The maximum atomic E-state index is 12.2. The van der Waals surface area contributed by atoms with Crippen molar-refractivity contribution in [3.8, 4) is 6.07 Å². The second kappa shape index (κ2) is 7.44. The molecule has 1 aliphatic rings. The Morgan fingerprint density at radius 2 is 2.35 bits per heavy atom. The number of likely N-dealkylation sites (tertiary alicyclic amines) is 1. The monoisotopic (exact) mass is 355 g/mol. The highest BCUT2D eigenvalue weighted by atomic mass is 16.5. The number of piperidine rings is 1. The van der Waals surface area contributed by atoms with Crippen LogP contribution in [0.5, 0.6) is 0 Å². The normalized spacial score (nSPS) is 19.8. The van der Waals surface area contributed by atoms with E-state index in [1.807, 2.05) is 12.1 Å². The van der Waals surface area contributed by atoms with Crippen LogP contribution in [0.4, 0.5) is 5.69 Å². The van der Waals surface area contributed by atoms with Crippen molar-refractivity contribution in [2.24, 2.45) is 5.92 Å². The molecule has 0 aliphatic carbocycles. The standard InChI is InChI=1S/C18H21N5O3/c1-11-5-8-23(15(24)3-6-19)10-14(11)22-16-12-4-7-20-17(12)21-9-13(16)18(25)26-2/h4,7,9,11,14H,3,5,8,10H2,1-2H3,(H2,20,21,22)/t11-,14+/m1/s1. The number of fused-ring (bicyclic) bond motifs is 1. The SMILES string of the molecule is COC(=O)c1cnc2[nH]ccc2c1N[C@H]1CN(C(=O)CC#N)CC[C@H]1C.